The fourth-order valence-corrected chi connectivity index (χ4v) is 3.74. The molecule has 0 amide bonds. The van der Waals surface area contributed by atoms with Crippen molar-refractivity contribution in [2.24, 2.45) is 4.99 Å². The average Bonchev–Trinajstić information content (AvgIpc) is 3.24. The van der Waals surface area contributed by atoms with Gasteiger partial charge >= 0.3 is 0 Å². The SMILES string of the molecule is CCN(CC)CCCCNC(=NC)NCC(c1ccco1)N1CCCCC1. The fraction of sp³-hybridized carbons (Fsp3) is 0.762. The van der Waals surface area contributed by atoms with Crippen LogP contribution in [0.1, 0.15) is 57.8 Å². The second-order valence-corrected chi connectivity index (χ2v) is 7.24. The minimum absolute atomic E-state index is 0.265. The number of nitrogens with zero attached hydrogens (tertiary/aromatic N) is 3. The summed E-state index contributed by atoms with van der Waals surface area (Å²) in [6.07, 6.45) is 8.04. The first-order chi connectivity index (χ1) is 13.3. The summed E-state index contributed by atoms with van der Waals surface area (Å²) < 4.78 is 5.72. The van der Waals surface area contributed by atoms with Gasteiger partial charge in [-0.2, -0.15) is 0 Å². The van der Waals surface area contributed by atoms with Crippen LogP contribution in [0.4, 0.5) is 0 Å². The van der Waals surface area contributed by atoms with E-state index in [1.807, 2.05) is 13.1 Å². The van der Waals surface area contributed by atoms with Crippen molar-refractivity contribution < 1.29 is 4.42 Å². The molecule has 2 N–H and O–H groups in total. The molecule has 1 aliphatic heterocycles. The molecule has 2 heterocycles. The molecule has 0 radical (unpaired) electrons. The maximum atomic E-state index is 5.72. The quantitative estimate of drug-likeness (QED) is 0.353. The molecule has 1 aromatic heterocycles. The Kier molecular flexibility index (Phi) is 10.3. The molecule has 0 bridgehead atoms. The summed E-state index contributed by atoms with van der Waals surface area (Å²) in [6, 6.07) is 4.33. The second-order valence-electron chi connectivity index (χ2n) is 7.24. The van der Waals surface area contributed by atoms with Crippen LogP contribution < -0.4 is 10.6 Å². The maximum Gasteiger partial charge on any atom is 0.191 e. The van der Waals surface area contributed by atoms with Crippen molar-refractivity contribution >= 4 is 5.96 Å². The van der Waals surface area contributed by atoms with E-state index in [4.69, 9.17) is 4.42 Å². The summed E-state index contributed by atoms with van der Waals surface area (Å²) >= 11 is 0. The van der Waals surface area contributed by atoms with Crippen LogP contribution in [0.3, 0.4) is 0 Å². The zero-order valence-electron chi connectivity index (χ0n) is 17.5. The minimum Gasteiger partial charge on any atom is -0.468 e. The Morgan fingerprint density at radius 3 is 2.59 bits per heavy atom. The molecule has 6 heteroatoms. The van der Waals surface area contributed by atoms with Gasteiger partial charge in [-0.25, -0.2) is 0 Å². The maximum absolute atomic E-state index is 5.72. The van der Waals surface area contributed by atoms with Crippen molar-refractivity contribution in [2.75, 3.05) is 52.9 Å². The first kappa shape index (κ1) is 21.8. The number of nitrogens with one attached hydrogen (secondary N) is 2. The predicted octanol–water partition coefficient (Wildman–Crippen LogP) is 3.09. The van der Waals surface area contributed by atoms with Gasteiger partial charge in [0, 0.05) is 20.1 Å². The lowest BCUT2D eigenvalue weighted by Crippen LogP contribution is -2.44. The largest absolute Gasteiger partial charge is 0.468 e. The summed E-state index contributed by atoms with van der Waals surface area (Å²) in [6.45, 7) is 12.0. The topological polar surface area (TPSA) is 56.0 Å². The Bertz CT molecular complexity index is 507. The lowest BCUT2D eigenvalue weighted by Gasteiger charge is -2.33. The molecule has 1 saturated heterocycles. The smallest absolute Gasteiger partial charge is 0.191 e. The number of guanidine groups is 1. The van der Waals surface area contributed by atoms with Crippen molar-refractivity contribution in [1.82, 2.24) is 20.4 Å². The first-order valence-corrected chi connectivity index (χ1v) is 10.7. The van der Waals surface area contributed by atoms with E-state index in [0.717, 1.165) is 57.4 Å². The molecule has 154 valence electrons. The third-order valence-corrected chi connectivity index (χ3v) is 5.48. The number of unbranched alkanes of at least 4 members (excludes halogenated alkanes) is 1. The van der Waals surface area contributed by atoms with E-state index in [0.29, 0.717) is 0 Å². The molecule has 1 aliphatic rings. The van der Waals surface area contributed by atoms with E-state index < -0.39 is 0 Å². The molecular weight excluding hydrogens is 338 g/mol. The Labute approximate surface area is 165 Å². The highest BCUT2D eigenvalue weighted by Crippen LogP contribution is 2.24. The molecule has 2 rings (SSSR count). The van der Waals surface area contributed by atoms with Crippen LogP contribution in [0.15, 0.2) is 27.8 Å². The Balaban J connectivity index is 1.75. The number of aliphatic imine (C=N–C) groups is 1. The van der Waals surface area contributed by atoms with Crippen LogP contribution >= 0.6 is 0 Å². The molecule has 0 aliphatic carbocycles. The summed E-state index contributed by atoms with van der Waals surface area (Å²) in [5, 5.41) is 6.96. The van der Waals surface area contributed by atoms with Crippen molar-refractivity contribution in [3.05, 3.63) is 24.2 Å². The van der Waals surface area contributed by atoms with Gasteiger partial charge in [0.1, 0.15) is 5.76 Å². The molecule has 0 spiro atoms. The van der Waals surface area contributed by atoms with Crippen molar-refractivity contribution in [2.45, 2.75) is 52.0 Å². The normalized spacial score (nSPS) is 17.3. The number of hydrogen-bond donors (Lipinski definition) is 2. The predicted molar refractivity (Wildman–Crippen MR) is 113 cm³/mol. The van der Waals surface area contributed by atoms with Crippen LogP contribution in [0.2, 0.25) is 0 Å². The number of furan rings is 1. The third-order valence-electron chi connectivity index (χ3n) is 5.48. The molecule has 1 unspecified atom stereocenters. The van der Waals surface area contributed by atoms with E-state index >= 15 is 0 Å². The summed E-state index contributed by atoms with van der Waals surface area (Å²) in [4.78, 5) is 9.39. The van der Waals surface area contributed by atoms with Gasteiger partial charge in [-0.3, -0.25) is 9.89 Å². The molecule has 1 fully saturated rings. The number of likely N-dealkylation sites (tertiary alicyclic amines) is 1. The highest BCUT2D eigenvalue weighted by molar-refractivity contribution is 5.79. The zero-order valence-corrected chi connectivity index (χ0v) is 17.5. The first-order valence-electron chi connectivity index (χ1n) is 10.7. The van der Waals surface area contributed by atoms with Crippen LogP contribution in [-0.2, 0) is 0 Å². The van der Waals surface area contributed by atoms with Gasteiger partial charge in [-0.05, 0) is 70.5 Å². The van der Waals surface area contributed by atoms with Crippen molar-refractivity contribution in [3.8, 4) is 0 Å². The standard InChI is InChI=1S/C21H39N5O/c1-4-25(5-2)14-10-7-13-23-21(22-3)24-18-19(20-12-11-17-27-20)26-15-8-6-9-16-26/h11-12,17,19H,4-10,13-16,18H2,1-3H3,(H2,22,23,24). The van der Waals surface area contributed by atoms with Gasteiger partial charge in [0.25, 0.3) is 0 Å². The van der Waals surface area contributed by atoms with Gasteiger partial charge in [-0.15, -0.1) is 0 Å². The van der Waals surface area contributed by atoms with E-state index in [-0.39, 0.29) is 6.04 Å². The van der Waals surface area contributed by atoms with Gasteiger partial charge < -0.3 is 20.0 Å². The molecule has 0 aromatic carbocycles. The van der Waals surface area contributed by atoms with Crippen LogP contribution in [-0.4, -0.2) is 68.6 Å². The lowest BCUT2D eigenvalue weighted by atomic mass is 10.1. The lowest BCUT2D eigenvalue weighted by molar-refractivity contribution is 0.146. The van der Waals surface area contributed by atoms with Crippen LogP contribution in [0, 0.1) is 0 Å². The van der Waals surface area contributed by atoms with Crippen LogP contribution in [0.5, 0.6) is 0 Å². The third kappa shape index (κ3) is 7.54. The Morgan fingerprint density at radius 1 is 1.19 bits per heavy atom. The molecule has 6 nitrogen and oxygen atoms in total. The summed E-state index contributed by atoms with van der Waals surface area (Å²) in [7, 11) is 1.84. The van der Waals surface area contributed by atoms with Gasteiger partial charge in [0.05, 0.1) is 12.3 Å². The average molecular weight is 378 g/mol. The fourth-order valence-electron chi connectivity index (χ4n) is 3.74. The van der Waals surface area contributed by atoms with Crippen molar-refractivity contribution in [3.63, 3.8) is 0 Å². The van der Waals surface area contributed by atoms with Crippen molar-refractivity contribution in [1.29, 1.82) is 0 Å². The monoisotopic (exact) mass is 377 g/mol. The summed E-state index contributed by atoms with van der Waals surface area (Å²) in [5.74, 6) is 1.92. The second kappa shape index (κ2) is 12.8. The number of piperidine rings is 1. The minimum atomic E-state index is 0.265. The zero-order chi connectivity index (χ0) is 19.3. The Hall–Kier alpha value is -1.53. The van der Waals surface area contributed by atoms with Gasteiger partial charge in [0.2, 0.25) is 0 Å². The summed E-state index contributed by atoms with van der Waals surface area (Å²) in [5.41, 5.74) is 0. The van der Waals surface area contributed by atoms with Gasteiger partial charge in [-0.1, -0.05) is 20.3 Å². The number of rotatable bonds is 11. The molecule has 0 saturated carbocycles. The highest BCUT2D eigenvalue weighted by atomic mass is 16.3. The molecular formula is C21H39N5O. The highest BCUT2D eigenvalue weighted by Gasteiger charge is 2.24. The van der Waals surface area contributed by atoms with Gasteiger partial charge in [0.15, 0.2) is 5.96 Å². The molecule has 1 atom stereocenters. The van der Waals surface area contributed by atoms with Crippen LogP contribution in [0.25, 0.3) is 0 Å². The van der Waals surface area contributed by atoms with E-state index in [1.165, 1.54) is 32.2 Å². The molecule has 1 aromatic rings. The van der Waals surface area contributed by atoms with E-state index in [1.54, 1.807) is 6.26 Å². The molecule has 27 heavy (non-hydrogen) atoms. The Morgan fingerprint density at radius 2 is 1.96 bits per heavy atom. The van der Waals surface area contributed by atoms with E-state index in [2.05, 4.69) is 45.3 Å². The number of hydrogen-bond acceptors (Lipinski definition) is 4. The van der Waals surface area contributed by atoms with E-state index in [9.17, 15) is 0 Å².